The second-order valence-electron chi connectivity index (χ2n) is 5.33. The van der Waals surface area contributed by atoms with Gasteiger partial charge in [0.15, 0.2) is 6.61 Å². The number of para-hydroxylation sites is 1. The minimum atomic E-state index is 0.0753. The summed E-state index contributed by atoms with van der Waals surface area (Å²) in [6, 6.07) is 7.60. The smallest absolute Gasteiger partial charge is 0.260 e. The van der Waals surface area contributed by atoms with E-state index in [-0.39, 0.29) is 12.5 Å². The molecule has 4 heteroatoms. The van der Waals surface area contributed by atoms with E-state index in [9.17, 15) is 4.79 Å². The lowest BCUT2D eigenvalue weighted by Gasteiger charge is -2.31. The molecule has 0 bridgehead atoms. The van der Waals surface area contributed by atoms with Crippen LogP contribution in [-0.4, -0.2) is 30.5 Å². The molecule has 1 aliphatic heterocycles. The number of ether oxygens (including phenoxy) is 1. The van der Waals surface area contributed by atoms with E-state index in [0.717, 1.165) is 37.4 Å². The van der Waals surface area contributed by atoms with E-state index in [1.165, 1.54) is 6.42 Å². The van der Waals surface area contributed by atoms with Crippen molar-refractivity contribution in [2.45, 2.75) is 32.7 Å². The molecule has 1 aliphatic rings. The summed E-state index contributed by atoms with van der Waals surface area (Å²) in [7, 11) is 0. The highest BCUT2D eigenvalue weighted by molar-refractivity contribution is 5.77. The van der Waals surface area contributed by atoms with Crippen LogP contribution in [-0.2, 0) is 11.3 Å². The quantitative estimate of drug-likeness (QED) is 0.896. The van der Waals surface area contributed by atoms with Crippen molar-refractivity contribution in [1.29, 1.82) is 0 Å². The van der Waals surface area contributed by atoms with Gasteiger partial charge in [0.25, 0.3) is 5.91 Å². The van der Waals surface area contributed by atoms with E-state index >= 15 is 0 Å². The molecular formula is C16H24N2O2. The molecular weight excluding hydrogens is 252 g/mol. The summed E-state index contributed by atoms with van der Waals surface area (Å²) in [6.07, 6.45) is 3.44. The summed E-state index contributed by atoms with van der Waals surface area (Å²) in [5, 5.41) is 0. The first kappa shape index (κ1) is 14.9. The van der Waals surface area contributed by atoms with Crippen molar-refractivity contribution in [2.75, 3.05) is 19.7 Å². The molecule has 1 heterocycles. The van der Waals surface area contributed by atoms with Crippen LogP contribution in [0.3, 0.4) is 0 Å². The minimum absolute atomic E-state index is 0.0753. The van der Waals surface area contributed by atoms with Crippen LogP contribution in [0.5, 0.6) is 5.75 Å². The summed E-state index contributed by atoms with van der Waals surface area (Å²) in [4.78, 5) is 14.0. The van der Waals surface area contributed by atoms with Gasteiger partial charge >= 0.3 is 0 Å². The molecule has 0 aliphatic carbocycles. The van der Waals surface area contributed by atoms with E-state index in [1.807, 2.05) is 29.2 Å². The molecule has 0 saturated carbocycles. The Kier molecular flexibility index (Phi) is 5.41. The van der Waals surface area contributed by atoms with Gasteiger partial charge in [-0.15, -0.1) is 0 Å². The van der Waals surface area contributed by atoms with Gasteiger partial charge < -0.3 is 15.4 Å². The molecule has 0 spiro atoms. The molecule has 0 atom stereocenters. The maximum absolute atomic E-state index is 12.1. The first-order chi connectivity index (χ1) is 9.74. The standard InChI is InChI=1S/C16H24N2O2/c1-2-13-7-9-18(10-8-13)16(19)12-20-15-6-4-3-5-14(15)11-17/h3-6,13H,2,7-12,17H2,1H3. The highest BCUT2D eigenvalue weighted by Crippen LogP contribution is 2.21. The van der Waals surface area contributed by atoms with Gasteiger partial charge in [0.05, 0.1) is 0 Å². The first-order valence-corrected chi connectivity index (χ1v) is 7.43. The summed E-state index contributed by atoms with van der Waals surface area (Å²) < 4.78 is 5.63. The molecule has 1 aromatic carbocycles. The minimum Gasteiger partial charge on any atom is -0.483 e. The molecule has 1 amide bonds. The lowest BCUT2D eigenvalue weighted by atomic mass is 9.94. The third-order valence-electron chi connectivity index (χ3n) is 4.09. The molecule has 0 aromatic heterocycles. The first-order valence-electron chi connectivity index (χ1n) is 7.43. The Balaban J connectivity index is 1.83. The summed E-state index contributed by atoms with van der Waals surface area (Å²) in [5.74, 6) is 1.57. The number of carbonyl (C=O) groups is 1. The Morgan fingerprint density at radius 1 is 1.35 bits per heavy atom. The molecule has 20 heavy (non-hydrogen) atoms. The average molecular weight is 276 g/mol. The van der Waals surface area contributed by atoms with E-state index in [4.69, 9.17) is 10.5 Å². The zero-order chi connectivity index (χ0) is 14.4. The zero-order valence-corrected chi connectivity index (χ0v) is 12.2. The van der Waals surface area contributed by atoms with Crippen molar-refractivity contribution in [3.05, 3.63) is 29.8 Å². The van der Waals surface area contributed by atoms with Crippen LogP contribution in [0.25, 0.3) is 0 Å². The number of hydrogen-bond donors (Lipinski definition) is 1. The van der Waals surface area contributed by atoms with Crippen LogP contribution >= 0.6 is 0 Å². The Hall–Kier alpha value is -1.55. The number of hydrogen-bond acceptors (Lipinski definition) is 3. The van der Waals surface area contributed by atoms with Gasteiger partial charge in [0.2, 0.25) is 0 Å². The summed E-state index contributed by atoms with van der Waals surface area (Å²) in [6.45, 7) is 4.47. The Morgan fingerprint density at radius 2 is 2.05 bits per heavy atom. The number of benzene rings is 1. The average Bonchev–Trinajstić information content (AvgIpc) is 2.53. The molecule has 0 unspecified atom stereocenters. The van der Waals surface area contributed by atoms with Crippen molar-refractivity contribution in [3.63, 3.8) is 0 Å². The summed E-state index contributed by atoms with van der Waals surface area (Å²) in [5.41, 5.74) is 6.59. The van der Waals surface area contributed by atoms with Crippen LogP contribution in [0, 0.1) is 5.92 Å². The molecule has 1 saturated heterocycles. The van der Waals surface area contributed by atoms with Gasteiger partial charge in [-0.3, -0.25) is 4.79 Å². The van der Waals surface area contributed by atoms with Crippen molar-refractivity contribution in [2.24, 2.45) is 11.7 Å². The van der Waals surface area contributed by atoms with E-state index in [1.54, 1.807) is 0 Å². The number of amides is 1. The maximum atomic E-state index is 12.1. The molecule has 110 valence electrons. The van der Waals surface area contributed by atoms with Crippen molar-refractivity contribution < 1.29 is 9.53 Å². The lowest BCUT2D eigenvalue weighted by molar-refractivity contribution is -0.134. The fraction of sp³-hybridized carbons (Fsp3) is 0.562. The predicted octanol–water partition coefficient (Wildman–Crippen LogP) is 2.17. The number of likely N-dealkylation sites (tertiary alicyclic amines) is 1. The fourth-order valence-corrected chi connectivity index (χ4v) is 2.63. The fourth-order valence-electron chi connectivity index (χ4n) is 2.63. The zero-order valence-electron chi connectivity index (χ0n) is 12.2. The predicted molar refractivity (Wildman–Crippen MR) is 79.4 cm³/mol. The molecule has 0 radical (unpaired) electrons. The maximum Gasteiger partial charge on any atom is 0.260 e. The second kappa shape index (κ2) is 7.29. The Morgan fingerprint density at radius 3 is 2.70 bits per heavy atom. The monoisotopic (exact) mass is 276 g/mol. The van der Waals surface area contributed by atoms with Gasteiger partial charge in [0.1, 0.15) is 5.75 Å². The van der Waals surface area contributed by atoms with Crippen LogP contribution in [0.2, 0.25) is 0 Å². The van der Waals surface area contributed by atoms with Crippen molar-refractivity contribution in [3.8, 4) is 5.75 Å². The largest absolute Gasteiger partial charge is 0.483 e. The normalized spacial score (nSPS) is 16.2. The van der Waals surface area contributed by atoms with E-state index in [2.05, 4.69) is 6.92 Å². The SMILES string of the molecule is CCC1CCN(C(=O)COc2ccccc2CN)CC1. The second-order valence-corrected chi connectivity index (χ2v) is 5.33. The van der Waals surface area contributed by atoms with Gasteiger partial charge in [-0.2, -0.15) is 0 Å². The number of rotatable bonds is 5. The van der Waals surface area contributed by atoms with Gasteiger partial charge in [0, 0.05) is 25.2 Å². The Labute approximate surface area is 120 Å². The van der Waals surface area contributed by atoms with E-state index in [0.29, 0.717) is 12.3 Å². The Bertz CT molecular complexity index is 440. The van der Waals surface area contributed by atoms with Crippen molar-refractivity contribution in [1.82, 2.24) is 4.90 Å². The summed E-state index contributed by atoms with van der Waals surface area (Å²) >= 11 is 0. The molecule has 1 fully saturated rings. The van der Waals surface area contributed by atoms with Crippen LogP contribution < -0.4 is 10.5 Å². The van der Waals surface area contributed by atoms with Crippen LogP contribution in [0.1, 0.15) is 31.7 Å². The van der Waals surface area contributed by atoms with Gasteiger partial charge in [-0.25, -0.2) is 0 Å². The lowest BCUT2D eigenvalue weighted by Crippen LogP contribution is -2.40. The molecule has 2 rings (SSSR count). The molecule has 4 nitrogen and oxygen atoms in total. The number of piperidine rings is 1. The van der Waals surface area contributed by atoms with Crippen LogP contribution in [0.4, 0.5) is 0 Å². The van der Waals surface area contributed by atoms with Gasteiger partial charge in [-0.1, -0.05) is 31.5 Å². The number of nitrogens with two attached hydrogens (primary N) is 1. The highest BCUT2D eigenvalue weighted by Gasteiger charge is 2.22. The molecule has 2 N–H and O–H groups in total. The van der Waals surface area contributed by atoms with Crippen LogP contribution in [0.15, 0.2) is 24.3 Å². The third-order valence-corrected chi connectivity index (χ3v) is 4.09. The third kappa shape index (κ3) is 3.73. The molecule has 1 aromatic rings. The highest BCUT2D eigenvalue weighted by atomic mass is 16.5. The number of nitrogens with zero attached hydrogens (tertiary/aromatic N) is 1. The van der Waals surface area contributed by atoms with Gasteiger partial charge in [-0.05, 0) is 24.8 Å². The number of carbonyl (C=O) groups excluding carboxylic acids is 1. The van der Waals surface area contributed by atoms with E-state index < -0.39 is 0 Å². The van der Waals surface area contributed by atoms with Crippen molar-refractivity contribution >= 4 is 5.91 Å². The topological polar surface area (TPSA) is 55.6 Å².